The summed E-state index contributed by atoms with van der Waals surface area (Å²) in [6.45, 7) is 0.367. The maximum atomic E-state index is 12.4. The van der Waals surface area contributed by atoms with Crippen molar-refractivity contribution in [3.05, 3.63) is 83.8 Å². The smallest absolute Gasteiger partial charge is 0.257 e. The van der Waals surface area contributed by atoms with Gasteiger partial charge in [0.25, 0.3) is 11.8 Å². The Morgan fingerprint density at radius 3 is 2.46 bits per heavy atom. The lowest BCUT2D eigenvalue weighted by atomic mass is 10.1. The number of rotatable bonds is 6. The van der Waals surface area contributed by atoms with E-state index >= 15 is 0 Å². The van der Waals surface area contributed by atoms with Crippen LogP contribution in [-0.4, -0.2) is 35.9 Å². The van der Waals surface area contributed by atoms with Gasteiger partial charge in [0, 0.05) is 50.5 Å². The topological polar surface area (TPSA) is 87.2 Å². The molecule has 0 aliphatic rings. The minimum Gasteiger partial charge on any atom is -0.363 e. The maximum absolute atomic E-state index is 12.4. The molecule has 2 amide bonds. The zero-order chi connectivity index (χ0) is 19.9. The van der Waals surface area contributed by atoms with Crippen LogP contribution in [0.25, 0.3) is 0 Å². The molecule has 28 heavy (non-hydrogen) atoms. The number of aromatic nitrogens is 2. The maximum Gasteiger partial charge on any atom is 0.257 e. The molecule has 142 valence electrons. The summed E-state index contributed by atoms with van der Waals surface area (Å²) in [5.41, 5.74) is 2.35. The fourth-order valence-corrected chi connectivity index (χ4v) is 2.51. The van der Waals surface area contributed by atoms with E-state index in [1.807, 2.05) is 31.1 Å². The van der Waals surface area contributed by atoms with Crippen molar-refractivity contribution < 1.29 is 9.59 Å². The molecule has 0 bridgehead atoms. The third-order valence-electron chi connectivity index (χ3n) is 4.03. The van der Waals surface area contributed by atoms with Gasteiger partial charge in [-0.2, -0.15) is 0 Å². The zero-order valence-corrected chi connectivity index (χ0v) is 15.7. The van der Waals surface area contributed by atoms with E-state index in [9.17, 15) is 9.59 Å². The molecule has 0 radical (unpaired) electrons. The van der Waals surface area contributed by atoms with Crippen molar-refractivity contribution in [2.75, 3.05) is 24.3 Å². The molecule has 0 spiro atoms. The number of nitrogens with zero attached hydrogens (tertiary/aromatic N) is 3. The molecule has 0 fully saturated rings. The third kappa shape index (κ3) is 4.91. The second kappa shape index (κ2) is 8.77. The van der Waals surface area contributed by atoms with Gasteiger partial charge in [0.05, 0.1) is 5.56 Å². The largest absolute Gasteiger partial charge is 0.363 e. The lowest BCUT2D eigenvalue weighted by molar-refractivity contribution is 0.0949. The molecule has 7 nitrogen and oxygen atoms in total. The molecule has 0 aliphatic heterocycles. The van der Waals surface area contributed by atoms with Gasteiger partial charge in [0.15, 0.2) is 0 Å². The first-order valence-electron chi connectivity index (χ1n) is 8.75. The van der Waals surface area contributed by atoms with Crippen LogP contribution in [0.5, 0.6) is 0 Å². The zero-order valence-electron chi connectivity index (χ0n) is 15.7. The highest BCUT2D eigenvalue weighted by Gasteiger charge is 2.09. The Morgan fingerprint density at radius 2 is 1.79 bits per heavy atom. The fourth-order valence-electron chi connectivity index (χ4n) is 2.51. The molecule has 3 aromatic rings. The van der Waals surface area contributed by atoms with E-state index in [4.69, 9.17) is 0 Å². The lowest BCUT2D eigenvalue weighted by Gasteiger charge is -2.12. The van der Waals surface area contributed by atoms with Gasteiger partial charge in [0.1, 0.15) is 5.82 Å². The van der Waals surface area contributed by atoms with Gasteiger partial charge in [-0.05, 0) is 42.0 Å². The van der Waals surface area contributed by atoms with Gasteiger partial charge in [-0.1, -0.05) is 12.1 Å². The summed E-state index contributed by atoms with van der Waals surface area (Å²) in [5, 5.41) is 5.63. The Morgan fingerprint density at radius 1 is 0.964 bits per heavy atom. The molecule has 0 saturated heterocycles. The van der Waals surface area contributed by atoms with Crippen LogP contribution in [0.2, 0.25) is 0 Å². The normalized spacial score (nSPS) is 10.2. The second-order valence-electron chi connectivity index (χ2n) is 6.38. The summed E-state index contributed by atoms with van der Waals surface area (Å²) in [6.07, 6.45) is 4.83. The minimum atomic E-state index is -0.280. The third-order valence-corrected chi connectivity index (χ3v) is 4.03. The van der Waals surface area contributed by atoms with E-state index in [1.54, 1.807) is 48.8 Å². The molecule has 0 aliphatic carbocycles. The SMILES string of the molecule is CN(C)c1ccc(CNC(=O)c2cccc(NC(=O)c3cccnc3)c2)cn1. The molecular formula is C21H21N5O2. The van der Waals surface area contributed by atoms with Gasteiger partial charge >= 0.3 is 0 Å². The predicted molar refractivity (Wildman–Crippen MR) is 108 cm³/mol. The van der Waals surface area contributed by atoms with Crippen molar-refractivity contribution in [2.24, 2.45) is 0 Å². The Bertz CT molecular complexity index is 956. The highest BCUT2D eigenvalue weighted by Crippen LogP contribution is 2.13. The molecule has 1 aromatic carbocycles. The number of anilines is 2. The van der Waals surface area contributed by atoms with Crippen LogP contribution >= 0.6 is 0 Å². The average Bonchev–Trinajstić information content (AvgIpc) is 2.73. The second-order valence-corrected chi connectivity index (χ2v) is 6.38. The fraction of sp³-hybridized carbons (Fsp3) is 0.143. The van der Waals surface area contributed by atoms with Gasteiger partial charge in [-0.15, -0.1) is 0 Å². The molecule has 3 rings (SSSR count). The summed E-state index contributed by atoms with van der Waals surface area (Å²) >= 11 is 0. The van der Waals surface area contributed by atoms with Crippen molar-refractivity contribution in [1.29, 1.82) is 0 Å². The number of hydrogen-bond donors (Lipinski definition) is 2. The number of amides is 2. The van der Waals surface area contributed by atoms with Gasteiger partial charge in [-0.3, -0.25) is 14.6 Å². The molecule has 0 unspecified atom stereocenters. The Hall–Kier alpha value is -3.74. The molecule has 0 atom stereocenters. The van der Waals surface area contributed by atoms with E-state index in [-0.39, 0.29) is 11.8 Å². The van der Waals surface area contributed by atoms with Crippen LogP contribution in [0.1, 0.15) is 26.3 Å². The van der Waals surface area contributed by atoms with Crippen molar-refractivity contribution >= 4 is 23.3 Å². The minimum absolute atomic E-state index is 0.228. The Labute approximate surface area is 163 Å². The number of carbonyl (C=O) groups excluding carboxylic acids is 2. The van der Waals surface area contributed by atoms with Crippen LogP contribution in [0, 0.1) is 0 Å². The van der Waals surface area contributed by atoms with Crippen molar-refractivity contribution in [3.63, 3.8) is 0 Å². The summed E-state index contributed by atoms with van der Waals surface area (Å²) in [7, 11) is 3.84. The Balaban J connectivity index is 1.61. The summed E-state index contributed by atoms with van der Waals surface area (Å²) < 4.78 is 0. The monoisotopic (exact) mass is 375 g/mol. The summed E-state index contributed by atoms with van der Waals surface area (Å²) in [4.78, 5) is 34.8. The molecular weight excluding hydrogens is 354 g/mol. The van der Waals surface area contributed by atoms with Gasteiger partial charge < -0.3 is 15.5 Å². The van der Waals surface area contributed by atoms with Crippen LogP contribution < -0.4 is 15.5 Å². The number of hydrogen-bond acceptors (Lipinski definition) is 5. The van der Waals surface area contributed by atoms with Crippen molar-refractivity contribution in [3.8, 4) is 0 Å². The quantitative estimate of drug-likeness (QED) is 0.692. The number of nitrogens with one attached hydrogen (secondary N) is 2. The summed E-state index contributed by atoms with van der Waals surface area (Å²) in [6, 6.07) is 14.0. The van der Waals surface area contributed by atoms with Crippen molar-refractivity contribution in [1.82, 2.24) is 15.3 Å². The number of pyridine rings is 2. The van der Waals surface area contributed by atoms with Crippen LogP contribution in [-0.2, 0) is 6.54 Å². The van der Waals surface area contributed by atoms with E-state index in [0.29, 0.717) is 23.4 Å². The standard InChI is InChI=1S/C21H21N5O2/c1-26(2)19-9-8-15(12-23-19)13-24-20(27)16-5-3-7-18(11-16)25-21(28)17-6-4-10-22-14-17/h3-12,14H,13H2,1-2H3,(H,24,27)(H,25,28). The van der Waals surface area contributed by atoms with Gasteiger partial charge in [-0.25, -0.2) is 4.98 Å². The molecule has 0 saturated carbocycles. The highest BCUT2D eigenvalue weighted by atomic mass is 16.2. The van der Waals surface area contributed by atoms with Crippen LogP contribution in [0.4, 0.5) is 11.5 Å². The van der Waals surface area contributed by atoms with Crippen LogP contribution in [0.15, 0.2) is 67.1 Å². The highest BCUT2D eigenvalue weighted by molar-refractivity contribution is 6.04. The molecule has 2 aromatic heterocycles. The Kier molecular flexibility index (Phi) is 5.96. The number of benzene rings is 1. The van der Waals surface area contributed by atoms with E-state index in [0.717, 1.165) is 11.4 Å². The van der Waals surface area contributed by atoms with E-state index in [1.165, 1.54) is 6.20 Å². The molecule has 7 heteroatoms. The average molecular weight is 375 g/mol. The first-order chi connectivity index (χ1) is 13.5. The summed E-state index contributed by atoms with van der Waals surface area (Å²) in [5.74, 6) is 0.346. The lowest BCUT2D eigenvalue weighted by Crippen LogP contribution is -2.23. The van der Waals surface area contributed by atoms with Gasteiger partial charge in [0.2, 0.25) is 0 Å². The molecule has 2 heterocycles. The predicted octanol–water partition coefficient (Wildman–Crippen LogP) is 2.72. The molecule has 2 N–H and O–H groups in total. The van der Waals surface area contributed by atoms with E-state index < -0.39 is 0 Å². The first-order valence-corrected chi connectivity index (χ1v) is 8.75. The first kappa shape index (κ1) is 19.0. The number of carbonyl (C=O) groups is 2. The van der Waals surface area contributed by atoms with E-state index in [2.05, 4.69) is 20.6 Å². The van der Waals surface area contributed by atoms with Crippen LogP contribution in [0.3, 0.4) is 0 Å². The van der Waals surface area contributed by atoms with Crippen molar-refractivity contribution in [2.45, 2.75) is 6.54 Å².